The molecule has 2 aliphatic rings. The molecule has 0 aliphatic carbocycles. The minimum absolute atomic E-state index is 0.0391. The Morgan fingerprint density at radius 1 is 1.24 bits per heavy atom. The lowest BCUT2D eigenvalue weighted by Crippen LogP contribution is -2.24. The molecule has 3 heterocycles. The summed E-state index contributed by atoms with van der Waals surface area (Å²) in [5.41, 5.74) is 7.58. The topological polar surface area (TPSA) is 60.6 Å². The van der Waals surface area contributed by atoms with Crippen molar-refractivity contribution < 1.29 is 13.9 Å². The van der Waals surface area contributed by atoms with Crippen LogP contribution in [0.25, 0.3) is 0 Å². The summed E-state index contributed by atoms with van der Waals surface area (Å²) in [5.74, 6) is 1.00. The Morgan fingerprint density at radius 3 is 2.92 bits per heavy atom. The SMILES string of the molecule is Nc1ccc(N2CCCC2c2cc(F)ccc2OC2CCOC2)cn1. The van der Waals surface area contributed by atoms with Crippen LogP contribution in [0.5, 0.6) is 5.75 Å². The van der Waals surface area contributed by atoms with E-state index in [9.17, 15) is 4.39 Å². The van der Waals surface area contributed by atoms with Crippen molar-refractivity contribution in [2.75, 3.05) is 30.4 Å². The van der Waals surface area contributed by atoms with E-state index >= 15 is 0 Å². The first-order chi connectivity index (χ1) is 12.2. The summed E-state index contributed by atoms with van der Waals surface area (Å²) in [6, 6.07) is 8.62. The number of nitrogens with two attached hydrogens (primary N) is 1. The lowest BCUT2D eigenvalue weighted by molar-refractivity contribution is 0.140. The van der Waals surface area contributed by atoms with Crippen LogP contribution in [0.2, 0.25) is 0 Å². The van der Waals surface area contributed by atoms with E-state index in [0.29, 0.717) is 19.0 Å². The van der Waals surface area contributed by atoms with Crippen LogP contribution in [0.3, 0.4) is 0 Å². The maximum Gasteiger partial charge on any atom is 0.125 e. The summed E-state index contributed by atoms with van der Waals surface area (Å²) in [5, 5.41) is 0. The van der Waals surface area contributed by atoms with Gasteiger partial charge in [0.2, 0.25) is 0 Å². The van der Waals surface area contributed by atoms with Gasteiger partial charge in [-0.1, -0.05) is 0 Å². The zero-order chi connectivity index (χ0) is 17.2. The second kappa shape index (κ2) is 6.88. The van der Waals surface area contributed by atoms with Crippen LogP contribution in [0.1, 0.15) is 30.9 Å². The van der Waals surface area contributed by atoms with Crippen molar-refractivity contribution in [2.45, 2.75) is 31.4 Å². The van der Waals surface area contributed by atoms with Gasteiger partial charge in [-0.2, -0.15) is 0 Å². The Balaban J connectivity index is 1.64. The third-order valence-electron chi connectivity index (χ3n) is 4.87. The molecule has 2 aromatic rings. The number of aromatic nitrogens is 1. The van der Waals surface area contributed by atoms with Crippen molar-refractivity contribution in [3.8, 4) is 5.75 Å². The fourth-order valence-electron chi connectivity index (χ4n) is 3.64. The molecule has 2 aliphatic heterocycles. The van der Waals surface area contributed by atoms with E-state index in [-0.39, 0.29) is 18.0 Å². The number of rotatable bonds is 4. The summed E-state index contributed by atoms with van der Waals surface area (Å²) in [7, 11) is 0. The monoisotopic (exact) mass is 343 g/mol. The first kappa shape index (κ1) is 16.1. The zero-order valence-corrected chi connectivity index (χ0v) is 14.0. The molecule has 0 amide bonds. The van der Waals surface area contributed by atoms with Crippen LogP contribution in [0.15, 0.2) is 36.5 Å². The second-order valence-corrected chi connectivity index (χ2v) is 6.58. The van der Waals surface area contributed by atoms with Crippen LogP contribution < -0.4 is 15.4 Å². The Morgan fingerprint density at radius 2 is 2.16 bits per heavy atom. The maximum atomic E-state index is 14.0. The highest BCUT2D eigenvalue weighted by Crippen LogP contribution is 2.40. The van der Waals surface area contributed by atoms with E-state index in [1.807, 2.05) is 6.07 Å². The van der Waals surface area contributed by atoms with Crippen LogP contribution in [0, 0.1) is 5.82 Å². The summed E-state index contributed by atoms with van der Waals surface area (Å²) < 4.78 is 25.5. The highest BCUT2D eigenvalue weighted by atomic mass is 19.1. The molecule has 0 radical (unpaired) electrons. The van der Waals surface area contributed by atoms with Gasteiger partial charge in [0, 0.05) is 18.5 Å². The van der Waals surface area contributed by atoms with E-state index < -0.39 is 0 Å². The fourth-order valence-corrected chi connectivity index (χ4v) is 3.64. The van der Waals surface area contributed by atoms with Gasteiger partial charge in [0.15, 0.2) is 0 Å². The minimum Gasteiger partial charge on any atom is -0.488 e. The smallest absolute Gasteiger partial charge is 0.125 e. The second-order valence-electron chi connectivity index (χ2n) is 6.58. The first-order valence-corrected chi connectivity index (χ1v) is 8.73. The van der Waals surface area contributed by atoms with Gasteiger partial charge in [0.25, 0.3) is 0 Å². The molecule has 2 N–H and O–H groups in total. The highest BCUT2D eigenvalue weighted by Gasteiger charge is 2.30. The number of anilines is 2. The largest absolute Gasteiger partial charge is 0.488 e. The third kappa shape index (κ3) is 3.39. The molecule has 2 atom stereocenters. The normalized spacial score (nSPS) is 23.2. The summed E-state index contributed by atoms with van der Waals surface area (Å²) in [6.45, 7) is 2.21. The minimum atomic E-state index is -0.243. The molecule has 1 aromatic carbocycles. The van der Waals surface area contributed by atoms with Gasteiger partial charge in [-0.05, 0) is 43.2 Å². The van der Waals surface area contributed by atoms with Crippen molar-refractivity contribution >= 4 is 11.5 Å². The van der Waals surface area contributed by atoms with E-state index in [0.717, 1.165) is 42.8 Å². The number of benzene rings is 1. The molecule has 2 saturated heterocycles. The molecular formula is C19H22FN3O2. The fraction of sp³-hybridized carbons (Fsp3) is 0.421. The van der Waals surface area contributed by atoms with E-state index in [1.54, 1.807) is 24.4 Å². The van der Waals surface area contributed by atoms with Crippen LogP contribution >= 0.6 is 0 Å². The Kier molecular flexibility index (Phi) is 4.44. The Labute approximate surface area is 146 Å². The number of pyridine rings is 1. The van der Waals surface area contributed by atoms with E-state index in [1.165, 1.54) is 6.07 Å². The van der Waals surface area contributed by atoms with Gasteiger partial charge in [-0.3, -0.25) is 0 Å². The average Bonchev–Trinajstić information content (AvgIpc) is 3.29. The standard InChI is InChI=1S/C19H22FN3O2/c20-13-3-5-18(25-15-7-9-24-12-15)16(10-13)17-2-1-8-23(17)14-4-6-19(21)22-11-14/h3-6,10-11,15,17H,1-2,7-9,12H2,(H2,21,22). The maximum absolute atomic E-state index is 14.0. The summed E-state index contributed by atoms with van der Waals surface area (Å²) >= 11 is 0. The number of nitrogens with zero attached hydrogens (tertiary/aromatic N) is 2. The predicted octanol–water partition coefficient (Wildman–Crippen LogP) is 3.31. The van der Waals surface area contributed by atoms with Gasteiger partial charge < -0.3 is 20.1 Å². The van der Waals surface area contributed by atoms with Crippen molar-refractivity contribution in [2.24, 2.45) is 0 Å². The molecule has 0 bridgehead atoms. The van der Waals surface area contributed by atoms with E-state index in [2.05, 4.69) is 9.88 Å². The molecule has 132 valence electrons. The number of nitrogen functional groups attached to an aromatic ring is 1. The van der Waals surface area contributed by atoms with Gasteiger partial charge in [0.1, 0.15) is 23.5 Å². The molecule has 5 nitrogen and oxygen atoms in total. The Bertz CT molecular complexity index is 732. The number of hydrogen-bond donors (Lipinski definition) is 1. The van der Waals surface area contributed by atoms with E-state index in [4.69, 9.17) is 15.2 Å². The van der Waals surface area contributed by atoms with Gasteiger partial charge in [-0.25, -0.2) is 9.37 Å². The lowest BCUT2D eigenvalue weighted by Gasteiger charge is -2.29. The van der Waals surface area contributed by atoms with Crippen LogP contribution in [-0.4, -0.2) is 30.8 Å². The summed E-state index contributed by atoms with van der Waals surface area (Å²) in [4.78, 5) is 6.44. The molecule has 1 aromatic heterocycles. The van der Waals surface area contributed by atoms with Crippen molar-refractivity contribution in [1.82, 2.24) is 4.98 Å². The van der Waals surface area contributed by atoms with Gasteiger partial charge >= 0.3 is 0 Å². The molecule has 4 rings (SSSR count). The van der Waals surface area contributed by atoms with Crippen molar-refractivity contribution in [1.29, 1.82) is 0 Å². The van der Waals surface area contributed by atoms with Crippen molar-refractivity contribution in [3.05, 3.63) is 47.9 Å². The third-order valence-corrected chi connectivity index (χ3v) is 4.87. The molecule has 0 saturated carbocycles. The Hall–Kier alpha value is -2.34. The molecule has 6 heteroatoms. The predicted molar refractivity (Wildman–Crippen MR) is 94.2 cm³/mol. The number of hydrogen-bond acceptors (Lipinski definition) is 5. The average molecular weight is 343 g/mol. The van der Waals surface area contributed by atoms with Crippen LogP contribution in [-0.2, 0) is 4.74 Å². The molecule has 25 heavy (non-hydrogen) atoms. The van der Waals surface area contributed by atoms with Gasteiger partial charge in [-0.15, -0.1) is 0 Å². The lowest BCUT2D eigenvalue weighted by atomic mass is 10.0. The molecule has 2 unspecified atom stereocenters. The van der Waals surface area contributed by atoms with Crippen molar-refractivity contribution in [3.63, 3.8) is 0 Å². The zero-order valence-electron chi connectivity index (χ0n) is 14.0. The molecule has 0 spiro atoms. The van der Waals surface area contributed by atoms with Crippen LogP contribution in [0.4, 0.5) is 15.9 Å². The summed E-state index contributed by atoms with van der Waals surface area (Å²) in [6.07, 6.45) is 4.67. The highest BCUT2D eigenvalue weighted by molar-refractivity contribution is 5.53. The first-order valence-electron chi connectivity index (χ1n) is 8.73. The number of halogens is 1. The molecule has 2 fully saturated rings. The van der Waals surface area contributed by atoms with Gasteiger partial charge in [0.05, 0.1) is 31.1 Å². The quantitative estimate of drug-likeness (QED) is 0.923. The number of ether oxygens (including phenoxy) is 2. The molecular weight excluding hydrogens is 321 g/mol.